The minimum atomic E-state index is -4.27. The van der Waals surface area contributed by atoms with Crippen LogP contribution in [0, 0.1) is 11.7 Å². The molecule has 0 saturated heterocycles. The molecule has 0 aromatic heterocycles. The summed E-state index contributed by atoms with van der Waals surface area (Å²) < 4.78 is 44.4. The highest BCUT2D eigenvalue weighted by molar-refractivity contribution is 7.89. The second kappa shape index (κ2) is 11.3. The summed E-state index contributed by atoms with van der Waals surface area (Å²) >= 11 is 0. The molecule has 0 aliphatic heterocycles. The number of nitrogens with one attached hydrogen (secondary N) is 3. The highest BCUT2D eigenvalue weighted by atomic mass is 32.2. The van der Waals surface area contributed by atoms with Crippen molar-refractivity contribution in [1.29, 1.82) is 0 Å². The van der Waals surface area contributed by atoms with Gasteiger partial charge in [0, 0.05) is 6.54 Å². The third-order valence-electron chi connectivity index (χ3n) is 4.01. The van der Waals surface area contributed by atoms with Crippen LogP contribution in [0.3, 0.4) is 0 Å². The van der Waals surface area contributed by atoms with Gasteiger partial charge in [0.1, 0.15) is 17.3 Å². The normalized spacial score (nSPS) is 11.1. The van der Waals surface area contributed by atoms with Crippen LogP contribution in [-0.4, -0.2) is 45.9 Å². The number of carbonyl (C=O) groups is 3. The Hall–Kier alpha value is -3.31. The van der Waals surface area contributed by atoms with Crippen LogP contribution >= 0.6 is 0 Å². The van der Waals surface area contributed by atoms with Crippen LogP contribution in [-0.2, 0) is 24.3 Å². The molecule has 0 bridgehead atoms. The van der Waals surface area contributed by atoms with Gasteiger partial charge in [0.2, 0.25) is 10.0 Å². The quantitative estimate of drug-likeness (QED) is 0.458. The predicted octanol–water partition coefficient (Wildman–Crippen LogP) is 1.67. The summed E-state index contributed by atoms with van der Waals surface area (Å²) in [6.45, 7) is 2.85. The summed E-state index contributed by atoms with van der Waals surface area (Å²) in [7, 11) is -4.27. The fraction of sp³-hybridized carbons (Fsp3) is 0.286. The maximum absolute atomic E-state index is 13.6. The number of sulfonamides is 1. The molecule has 11 heteroatoms. The summed E-state index contributed by atoms with van der Waals surface area (Å²) in [6, 6.07) is 11.0. The first kappa shape index (κ1) is 25.0. The van der Waals surface area contributed by atoms with Gasteiger partial charge < -0.3 is 15.4 Å². The number of hydrogen-bond acceptors (Lipinski definition) is 6. The minimum absolute atomic E-state index is 0.232. The zero-order chi connectivity index (χ0) is 23.7. The lowest BCUT2D eigenvalue weighted by molar-refractivity contribution is -0.146. The van der Waals surface area contributed by atoms with E-state index in [1.807, 2.05) is 18.6 Å². The molecule has 0 fully saturated rings. The molecule has 3 N–H and O–H groups in total. The molecule has 2 aromatic carbocycles. The van der Waals surface area contributed by atoms with Gasteiger partial charge >= 0.3 is 5.97 Å². The molecule has 0 unspecified atom stereocenters. The van der Waals surface area contributed by atoms with E-state index in [1.54, 1.807) is 12.1 Å². The number of carbonyl (C=O) groups excluding carboxylic acids is 3. The molecular weight excluding hydrogens is 441 g/mol. The fourth-order valence-electron chi connectivity index (χ4n) is 2.46. The van der Waals surface area contributed by atoms with Crippen molar-refractivity contribution in [2.45, 2.75) is 18.7 Å². The lowest BCUT2D eigenvalue weighted by Gasteiger charge is -2.13. The Kier molecular flexibility index (Phi) is 8.85. The summed E-state index contributed by atoms with van der Waals surface area (Å²) in [5.41, 5.74) is 0.473. The monoisotopic (exact) mass is 465 g/mol. The number of ether oxygens (including phenoxy) is 1. The third-order valence-corrected chi connectivity index (χ3v) is 5.45. The largest absolute Gasteiger partial charge is 0.455 e. The Morgan fingerprint density at radius 2 is 1.69 bits per heavy atom. The van der Waals surface area contributed by atoms with Crippen molar-refractivity contribution in [2.24, 2.45) is 5.92 Å². The lowest BCUT2D eigenvalue weighted by Crippen LogP contribution is -2.33. The van der Waals surface area contributed by atoms with Crippen molar-refractivity contribution >= 4 is 33.5 Å². The van der Waals surface area contributed by atoms with E-state index in [2.05, 4.69) is 10.6 Å². The van der Waals surface area contributed by atoms with Gasteiger partial charge in [-0.3, -0.25) is 14.4 Å². The number of hydrogen-bond donors (Lipinski definition) is 3. The lowest BCUT2D eigenvalue weighted by atomic mass is 10.1. The Bertz CT molecular complexity index is 1090. The number of benzene rings is 2. The van der Waals surface area contributed by atoms with Crippen molar-refractivity contribution in [1.82, 2.24) is 10.0 Å². The van der Waals surface area contributed by atoms with Gasteiger partial charge in [0.15, 0.2) is 6.61 Å². The molecule has 2 amide bonds. The van der Waals surface area contributed by atoms with Crippen LogP contribution in [0.25, 0.3) is 0 Å². The highest BCUT2D eigenvalue weighted by Crippen LogP contribution is 2.15. The minimum Gasteiger partial charge on any atom is -0.455 e. The van der Waals surface area contributed by atoms with Gasteiger partial charge in [0.25, 0.3) is 11.8 Å². The number of para-hydroxylation sites is 1. The predicted molar refractivity (Wildman–Crippen MR) is 115 cm³/mol. The van der Waals surface area contributed by atoms with Crippen molar-refractivity contribution < 1.29 is 31.9 Å². The zero-order valence-electron chi connectivity index (χ0n) is 17.6. The number of amides is 2. The third kappa shape index (κ3) is 7.43. The molecule has 172 valence electrons. The fourth-order valence-corrected chi connectivity index (χ4v) is 3.51. The first-order valence-corrected chi connectivity index (χ1v) is 11.2. The molecule has 0 heterocycles. The number of anilines is 1. The second-order valence-electron chi connectivity index (χ2n) is 7.11. The second-order valence-corrected chi connectivity index (χ2v) is 8.85. The molecular formula is C21H24FN3O6S. The maximum atomic E-state index is 13.6. The van der Waals surface area contributed by atoms with E-state index in [0.717, 1.165) is 12.1 Å². The summed E-state index contributed by atoms with van der Waals surface area (Å²) in [6.07, 6.45) is 0. The van der Waals surface area contributed by atoms with E-state index >= 15 is 0 Å². The van der Waals surface area contributed by atoms with Crippen LogP contribution in [0.5, 0.6) is 0 Å². The Labute approximate surface area is 185 Å². The molecule has 0 aliphatic carbocycles. The van der Waals surface area contributed by atoms with Crippen LogP contribution in [0.15, 0.2) is 53.4 Å². The van der Waals surface area contributed by atoms with Gasteiger partial charge in [-0.2, -0.15) is 4.72 Å². The summed E-state index contributed by atoms with van der Waals surface area (Å²) in [5.74, 6) is -2.85. The first-order valence-electron chi connectivity index (χ1n) is 9.67. The van der Waals surface area contributed by atoms with E-state index in [0.29, 0.717) is 6.54 Å². The van der Waals surface area contributed by atoms with E-state index < -0.39 is 45.8 Å². The summed E-state index contributed by atoms with van der Waals surface area (Å²) in [5, 5.41) is 5.22. The molecule has 32 heavy (non-hydrogen) atoms. The number of halogens is 1. The van der Waals surface area contributed by atoms with Crippen LogP contribution in [0.4, 0.5) is 10.1 Å². The van der Waals surface area contributed by atoms with Crippen LogP contribution < -0.4 is 15.4 Å². The molecule has 2 aromatic rings. The van der Waals surface area contributed by atoms with Crippen LogP contribution in [0.1, 0.15) is 24.2 Å². The Balaban J connectivity index is 1.88. The van der Waals surface area contributed by atoms with E-state index in [4.69, 9.17) is 4.74 Å². The van der Waals surface area contributed by atoms with Crippen molar-refractivity contribution in [2.75, 3.05) is 25.0 Å². The standard InChI is InChI=1S/C21H24FN3O6S/c1-14(2)11-23-21(28)15-7-3-5-9-17(15)25-19(26)13-31-20(27)12-24-32(29,30)18-10-6-4-8-16(18)22/h3-10,14,24H,11-13H2,1-2H3,(H,23,28)(H,25,26). The van der Waals surface area contributed by atoms with Crippen molar-refractivity contribution in [3.63, 3.8) is 0 Å². The highest BCUT2D eigenvalue weighted by Gasteiger charge is 2.20. The zero-order valence-corrected chi connectivity index (χ0v) is 18.4. The van der Waals surface area contributed by atoms with Gasteiger partial charge in [-0.1, -0.05) is 38.1 Å². The molecule has 2 rings (SSSR count). The van der Waals surface area contributed by atoms with Crippen molar-refractivity contribution in [3.05, 3.63) is 59.9 Å². The van der Waals surface area contributed by atoms with Crippen molar-refractivity contribution in [3.8, 4) is 0 Å². The number of rotatable bonds is 10. The smallest absolute Gasteiger partial charge is 0.321 e. The topological polar surface area (TPSA) is 131 Å². The average molecular weight is 466 g/mol. The van der Waals surface area contributed by atoms with E-state index in [9.17, 15) is 27.2 Å². The first-order chi connectivity index (χ1) is 15.1. The SMILES string of the molecule is CC(C)CNC(=O)c1ccccc1NC(=O)COC(=O)CNS(=O)(=O)c1ccccc1F. The van der Waals surface area contributed by atoms with Gasteiger partial charge in [-0.25, -0.2) is 12.8 Å². The molecule has 0 aliphatic rings. The summed E-state index contributed by atoms with van der Waals surface area (Å²) in [4.78, 5) is 35.6. The van der Waals surface area contributed by atoms with Gasteiger partial charge in [-0.15, -0.1) is 0 Å². The van der Waals surface area contributed by atoms with E-state index in [-0.39, 0.29) is 23.1 Å². The number of esters is 1. The van der Waals surface area contributed by atoms with Gasteiger partial charge in [0.05, 0.1) is 11.3 Å². The van der Waals surface area contributed by atoms with E-state index in [1.165, 1.54) is 24.3 Å². The Morgan fingerprint density at radius 3 is 2.38 bits per heavy atom. The average Bonchev–Trinajstić information content (AvgIpc) is 2.75. The molecule has 0 radical (unpaired) electrons. The molecule has 0 atom stereocenters. The Morgan fingerprint density at radius 1 is 1.03 bits per heavy atom. The maximum Gasteiger partial charge on any atom is 0.321 e. The van der Waals surface area contributed by atoms with Crippen LogP contribution in [0.2, 0.25) is 0 Å². The van der Waals surface area contributed by atoms with Gasteiger partial charge in [-0.05, 0) is 30.2 Å². The molecule has 0 saturated carbocycles. The molecule has 9 nitrogen and oxygen atoms in total. The molecule has 0 spiro atoms.